The Kier molecular flexibility index (Phi) is 7.07. The van der Waals surface area contributed by atoms with Crippen LogP contribution >= 0.6 is 0 Å². The molecule has 2 aliphatic heterocycles. The van der Waals surface area contributed by atoms with Crippen molar-refractivity contribution in [1.29, 1.82) is 0 Å². The number of hydrogen-bond donors (Lipinski definition) is 2. The number of benzene rings is 1. The van der Waals surface area contributed by atoms with E-state index in [0.29, 0.717) is 13.2 Å². The molecule has 25 heavy (non-hydrogen) atoms. The van der Waals surface area contributed by atoms with E-state index in [1.807, 2.05) is 12.1 Å². The Morgan fingerprint density at radius 2 is 1.88 bits per heavy atom. The zero-order chi connectivity index (χ0) is 17.5. The van der Waals surface area contributed by atoms with Crippen LogP contribution in [0.2, 0.25) is 0 Å². The van der Waals surface area contributed by atoms with E-state index in [9.17, 15) is 10.2 Å². The number of hydrogen-bond acceptors (Lipinski definition) is 6. The monoisotopic (exact) mass is 350 g/mol. The molecule has 3 rings (SSSR count). The van der Waals surface area contributed by atoms with E-state index in [0.717, 1.165) is 64.5 Å². The van der Waals surface area contributed by atoms with E-state index >= 15 is 0 Å². The number of likely N-dealkylation sites (tertiary alicyclic amines) is 1. The van der Waals surface area contributed by atoms with Gasteiger partial charge in [-0.05, 0) is 30.5 Å². The van der Waals surface area contributed by atoms with Crippen LogP contribution in [0.15, 0.2) is 24.3 Å². The standard InChI is InChI=1S/C19H30N2O4/c22-17-4-6-20(7-5-17)14-18(23)15-25-19-3-1-2-16(12-19)13-21-8-10-24-11-9-21/h1-3,12,17-18,22-23H,4-11,13-15H2/t18-/m0/s1. The lowest BCUT2D eigenvalue weighted by Gasteiger charge is -2.30. The summed E-state index contributed by atoms with van der Waals surface area (Å²) >= 11 is 0. The van der Waals surface area contributed by atoms with E-state index in [1.165, 1.54) is 5.56 Å². The summed E-state index contributed by atoms with van der Waals surface area (Å²) in [7, 11) is 0. The lowest BCUT2D eigenvalue weighted by molar-refractivity contribution is 0.0329. The number of nitrogens with zero attached hydrogens (tertiary/aromatic N) is 2. The van der Waals surface area contributed by atoms with Crippen molar-refractivity contribution in [3.63, 3.8) is 0 Å². The minimum Gasteiger partial charge on any atom is -0.491 e. The fourth-order valence-electron chi connectivity index (χ4n) is 3.40. The minimum absolute atomic E-state index is 0.182. The van der Waals surface area contributed by atoms with Crippen molar-refractivity contribution in [2.75, 3.05) is 52.5 Å². The highest BCUT2D eigenvalue weighted by atomic mass is 16.5. The van der Waals surface area contributed by atoms with Gasteiger partial charge in [-0.3, -0.25) is 4.90 Å². The Labute approximate surface area is 149 Å². The molecule has 0 unspecified atom stereocenters. The zero-order valence-electron chi connectivity index (χ0n) is 14.8. The number of β-amino-alcohol motifs (C(OH)–C–C–N with tert-alkyl or cyclic N) is 1. The first-order valence-electron chi connectivity index (χ1n) is 9.29. The van der Waals surface area contributed by atoms with Gasteiger partial charge >= 0.3 is 0 Å². The van der Waals surface area contributed by atoms with Crippen LogP contribution in [0.25, 0.3) is 0 Å². The van der Waals surface area contributed by atoms with Gasteiger partial charge in [0.05, 0.1) is 19.3 Å². The summed E-state index contributed by atoms with van der Waals surface area (Å²) in [6, 6.07) is 8.10. The Morgan fingerprint density at radius 3 is 2.64 bits per heavy atom. The van der Waals surface area contributed by atoms with Crippen LogP contribution < -0.4 is 4.74 Å². The maximum absolute atomic E-state index is 10.2. The summed E-state index contributed by atoms with van der Waals surface area (Å²) in [4.78, 5) is 4.57. The van der Waals surface area contributed by atoms with Gasteiger partial charge < -0.3 is 24.6 Å². The van der Waals surface area contributed by atoms with E-state index in [2.05, 4.69) is 21.9 Å². The van der Waals surface area contributed by atoms with Crippen LogP contribution in [0.1, 0.15) is 18.4 Å². The second-order valence-electron chi connectivity index (χ2n) is 7.03. The van der Waals surface area contributed by atoms with Gasteiger partial charge in [0.1, 0.15) is 18.5 Å². The molecule has 6 nitrogen and oxygen atoms in total. The van der Waals surface area contributed by atoms with Crippen molar-refractivity contribution in [3.8, 4) is 5.75 Å². The molecule has 0 aliphatic carbocycles. The average molecular weight is 350 g/mol. The zero-order valence-corrected chi connectivity index (χ0v) is 14.8. The van der Waals surface area contributed by atoms with Crippen LogP contribution in [0.3, 0.4) is 0 Å². The fraction of sp³-hybridized carbons (Fsp3) is 0.684. The third-order valence-corrected chi connectivity index (χ3v) is 4.88. The molecule has 0 spiro atoms. The van der Waals surface area contributed by atoms with Gasteiger partial charge in [0.15, 0.2) is 0 Å². The number of aliphatic hydroxyl groups is 2. The first kappa shape index (κ1) is 18.6. The Balaban J connectivity index is 1.42. The molecule has 6 heteroatoms. The van der Waals surface area contributed by atoms with E-state index in [-0.39, 0.29) is 6.10 Å². The van der Waals surface area contributed by atoms with Gasteiger partial charge in [0.2, 0.25) is 0 Å². The van der Waals surface area contributed by atoms with Gasteiger partial charge in [0.25, 0.3) is 0 Å². The first-order valence-corrected chi connectivity index (χ1v) is 9.29. The molecule has 2 saturated heterocycles. The summed E-state index contributed by atoms with van der Waals surface area (Å²) in [5.41, 5.74) is 1.22. The normalized spacial score (nSPS) is 22.0. The molecule has 140 valence electrons. The van der Waals surface area contributed by atoms with Crippen LogP contribution in [0.5, 0.6) is 5.75 Å². The van der Waals surface area contributed by atoms with E-state index in [1.54, 1.807) is 0 Å². The summed E-state index contributed by atoms with van der Waals surface area (Å²) in [5, 5.41) is 19.7. The second-order valence-corrected chi connectivity index (χ2v) is 7.03. The molecule has 0 saturated carbocycles. The third-order valence-electron chi connectivity index (χ3n) is 4.88. The third kappa shape index (κ3) is 6.24. The van der Waals surface area contributed by atoms with Crippen LogP contribution in [0.4, 0.5) is 0 Å². The molecule has 2 N–H and O–H groups in total. The molecular formula is C19H30N2O4. The number of aliphatic hydroxyl groups excluding tert-OH is 2. The lowest BCUT2D eigenvalue weighted by atomic mass is 10.1. The summed E-state index contributed by atoms with van der Waals surface area (Å²) in [6.07, 6.45) is 0.880. The molecule has 0 amide bonds. The number of rotatable bonds is 7. The molecule has 1 aromatic rings. The maximum atomic E-state index is 10.2. The highest BCUT2D eigenvalue weighted by molar-refractivity contribution is 5.28. The Morgan fingerprint density at radius 1 is 1.12 bits per heavy atom. The molecule has 0 bridgehead atoms. The van der Waals surface area contributed by atoms with Crippen molar-refractivity contribution in [2.45, 2.75) is 31.6 Å². The quantitative estimate of drug-likeness (QED) is 0.755. The highest BCUT2D eigenvalue weighted by Crippen LogP contribution is 2.16. The Bertz CT molecular complexity index is 514. The minimum atomic E-state index is -0.516. The van der Waals surface area contributed by atoms with Crippen LogP contribution in [0, 0.1) is 0 Å². The van der Waals surface area contributed by atoms with Gasteiger partial charge in [-0.15, -0.1) is 0 Å². The molecule has 2 fully saturated rings. The van der Waals surface area contributed by atoms with Gasteiger partial charge in [-0.2, -0.15) is 0 Å². The van der Waals surface area contributed by atoms with Gasteiger partial charge in [-0.25, -0.2) is 0 Å². The van der Waals surface area contributed by atoms with Crippen molar-refractivity contribution in [2.24, 2.45) is 0 Å². The summed E-state index contributed by atoms with van der Waals surface area (Å²) < 4.78 is 11.2. The van der Waals surface area contributed by atoms with Crippen molar-refractivity contribution < 1.29 is 19.7 Å². The first-order chi connectivity index (χ1) is 12.2. The molecule has 1 aromatic carbocycles. The lowest BCUT2D eigenvalue weighted by Crippen LogP contribution is -2.41. The van der Waals surface area contributed by atoms with E-state index < -0.39 is 6.10 Å². The predicted molar refractivity (Wildman–Crippen MR) is 95.7 cm³/mol. The maximum Gasteiger partial charge on any atom is 0.119 e. The largest absolute Gasteiger partial charge is 0.491 e. The van der Waals surface area contributed by atoms with Crippen molar-refractivity contribution in [1.82, 2.24) is 9.80 Å². The molecule has 2 aliphatic rings. The van der Waals surface area contributed by atoms with Gasteiger partial charge in [0, 0.05) is 39.3 Å². The summed E-state index contributed by atoms with van der Waals surface area (Å²) in [5.74, 6) is 0.805. The number of piperidine rings is 1. The van der Waals surface area contributed by atoms with Crippen molar-refractivity contribution in [3.05, 3.63) is 29.8 Å². The highest BCUT2D eigenvalue weighted by Gasteiger charge is 2.19. The molecule has 1 atom stereocenters. The van der Waals surface area contributed by atoms with Crippen LogP contribution in [-0.4, -0.2) is 84.8 Å². The predicted octanol–water partition coefficient (Wildman–Crippen LogP) is 0.715. The summed E-state index contributed by atoms with van der Waals surface area (Å²) in [6.45, 7) is 7.01. The number of ether oxygens (including phenoxy) is 2. The second kappa shape index (κ2) is 9.50. The van der Waals surface area contributed by atoms with Crippen LogP contribution in [-0.2, 0) is 11.3 Å². The van der Waals surface area contributed by atoms with Gasteiger partial charge in [-0.1, -0.05) is 12.1 Å². The molecule has 0 aromatic heterocycles. The smallest absolute Gasteiger partial charge is 0.119 e. The van der Waals surface area contributed by atoms with E-state index in [4.69, 9.17) is 9.47 Å². The molecular weight excluding hydrogens is 320 g/mol. The molecule has 2 heterocycles. The SMILES string of the molecule is OC1CCN(C[C@H](O)COc2cccc(CN3CCOCC3)c2)CC1. The fourth-order valence-corrected chi connectivity index (χ4v) is 3.40. The number of morpholine rings is 1. The average Bonchev–Trinajstić information content (AvgIpc) is 2.63. The molecule has 0 radical (unpaired) electrons. The Hall–Kier alpha value is -1.18. The topological polar surface area (TPSA) is 65.4 Å². The van der Waals surface area contributed by atoms with Crippen molar-refractivity contribution >= 4 is 0 Å².